The Hall–Kier alpha value is -1.50. The molecule has 3 heterocycles. The molecular weight excluding hydrogens is 300 g/mol. The first-order chi connectivity index (χ1) is 10.6. The molecule has 0 aromatic carbocycles. The molecule has 22 heavy (non-hydrogen) atoms. The Balaban J connectivity index is 1.60. The Kier molecular flexibility index (Phi) is 4.71. The van der Waals surface area contributed by atoms with Gasteiger partial charge in [0.05, 0.1) is 0 Å². The normalized spacial score (nSPS) is 20.2. The fraction of sp³-hybridized carbons (Fsp3) is 0.667. The van der Waals surface area contributed by atoms with Gasteiger partial charge >= 0.3 is 0 Å². The molecule has 0 radical (unpaired) electrons. The first-order valence-electron chi connectivity index (χ1n) is 7.83. The lowest BCUT2D eigenvalue weighted by atomic mass is 9.95. The van der Waals surface area contributed by atoms with Crippen molar-refractivity contribution in [3.8, 4) is 0 Å². The number of nitrogens with zero attached hydrogens (tertiary/aromatic N) is 3. The second-order valence-corrected chi connectivity index (χ2v) is 7.13. The zero-order chi connectivity index (χ0) is 15.5. The van der Waals surface area contributed by atoms with Gasteiger partial charge in [0.25, 0.3) is 5.56 Å². The van der Waals surface area contributed by atoms with Gasteiger partial charge in [0, 0.05) is 55.4 Å². The molecule has 1 aromatic rings. The first kappa shape index (κ1) is 15.4. The number of carbonyl (C=O) groups excluding carboxylic acids is 1. The van der Waals surface area contributed by atoms with E-state index in [4.69, 9.17) is 0 Å². The van der Waals surface area contributed by atoms with Crippen LogP contribution in [0, 0.1) is 12.8 Å². The standard InChI is InChI=1S/C15H22N4O2S/c1-11-10-13(20)17-15(16-11)19-4-2-12(3-5-19)14(21)18-6-8-22-9-7-18/h10,12H,2-9H2,1H3,(H,16,17,20). The Labute approximate surface area is 134 Å². The molecule has 0 spiro atoms. The zero-order valence-electron chi connectivity index (χ0n) is 12.9. The number of hydrogen-bond donors (Lipinski definition) is 1. The van der Waals surface area contributed by atoms with E-state index in [1.54, 1.807) is 0 Å². The van der Waals surface area contributed by atoms with Gasteiger partial charge in [0.2, 0.25) is 11.9 Å². The molecule has 2 fully saturated rings. The summed E-state index contributed by atoms with van der Waals surface area (Å²) in [5.41, 5.74) is 0.606. The second-order valence-electron chi connectivity index (χ2n) is 5.91. The van der Waals surface area contributed by atoms with Gasteiger partial charge in [-0.3, -0.25) is 14.6 Å². The van der Waals surface area contributed by atoms with E-state index in [9.17, 15) is 9.59 Å². The van der Waals surface area contributed by atoms with E-state index < -0.39 is 0 Å². The van der Waals surface area contributed by atoms with Gasteiger partial charge in [0.15, 0.2) is 0 Å². The topological polar surface area (TPSA) is 69.3 Å². The third kappa shape index (κ3) is 3.45. The maximum absolute atomic E-state index is 12.5. The summed E-state index contributed by atoms with van der Waals surface area (Å²) >= 11 is 1.92. The molecule has 1 N–H and O–H groups in total. The quantitative estimate of drug-likeness (QED) is 0.875. The molecular formula is C15H22N4O2S. The van der Waals surface area contributed by atoms with Crippen molar-refractivity contribution in [2.45, 2.75) is 19.8 Å². The zero-order valence-corrected chi connectivity index (χ0v) is 13.7. The minimum Gasteiger partial charge on any atom is -0.342 e. The Morgan fingerprint density at radius 3 is 2.59 bits per heavy atom. The van der Waals surface area contributed by atoms with Gasteiger partial charge in [-0.25, -0.2) is 4.98 Å². The van der Waals surface area contributed by atoms with Crippen LogP contribution in [0.15, 0.2) is 10.9 Å². The number of aryl methyl sites for hydroxylation is 1. The van der Waals surface area contributed by atoms with Crippen LogP contribution in [0.25, 0.3) is 0 Å². The average Bonchev–Trinajstić information content (AvgIpc) is 2.54. The molecule has 6 nitrogen and oxygen atoms in total. The van der Waals surface area contributed by atoms with Gasteiger partial charge in [-0.05, 0) is 19.8 Å². The van der Waals surface area contributed by atoms with Crippen molar-refractivity contribution in [1.29, 1.82) is 0 Å². The summed E-state index contributed by atoms with van der Waals surface area (Å²) in [6.45, 7) is 5.13. The molecule has 1 aromatic heterocycles. The number of aromatic amines is 1. The summed E-state index contributed by atoms with van der Waals surface area (Å²) in [6.07, 6.45) is 1.67. The largest absolute Gasteiger partial charge is 0.342 e. The van der Waals surface area contributed by atoms with Gasteiger partial charge in [-0.1, -0.05) is 0 Å². The van der Waals surface area contributed by atoms with Gasteiger partial charge in [0.1, 0.15) is 0 Å². The van der Waals surface area contributed by atoms with Crippen molar-refractivity contribution >= 4 is 23.6 Å². The number of piperidine rings is 1. The summed E-state index contributed by atoms with van der Waals surface area (Å²) in [4.78, 5) is 35.3. The van der Waals surface area contributed by atoms with Crippen LogP contribution < -0.4 is 10.5 Å². The molecule has 2 saturated heterocycles. The van der Waals surface area contributed by atoms with Gasteiger partial charge in [-0.2, -0.15) is 11.8 Å². The fourth-order valence-electron chi connectivity index (χ4n) is 3.09. The highest BCUT2D eigenvalue weighted by atomic mass is 32.2. The highest BCUT2D eigenvalue weighted by Gasteiger charge is 2.29. The molecule has 3 rings (SSSR count). The fourth-order valence-corrected chi connectivity index (χ4v) is 4.00. The van der Waals surface area contributed by atoms with E-state index in [-0.39, 0.29) is 11.5 Å². The number of carbonyl (C=O) groups is 1. The van der Waals surface area contributed by atoms with Crippen LogP contribution >= 0.6 is 11.8 Å². The van der Waals surface area contributed by atoms with Crippen molar-refractivity contribution in [1.82, 2.24) is 14.9 Å². The van der Waals surface area contributed by atoms with Crippen LogP contribution in [0.5, 0.6) is 0 Å². The predicted molar refractivity (Wildman–Crippen MR) is 88.4 cm³/mol. The van der Waals surface area contributed by atoms with Gasteiger partial charge < -0.3 is 9.80 Å². The molecule has 1 amide bonds. The molecule has 120 valence electrons. The lowest BCUT2D eigenvalue weighted by Gasteiger charge is -2.35. The smallest absolute Gasteiger partial charge is 0.252 e. The Morgan fingerprint density at radius 1 is 1.27 bits per heavy atom. The van der Waals surface area contributed by atoms with Crippen LogP contribution in [0.4, 0.5) is 5.95 Å². The van der Waals surface area contributed by atoms with Crippen LogP contribution in [-0.2, 0) is 4.79 Å². The van der Waals surface area contributed by atoms with E-state index in [1.807, 2.05) is 23.6 Å². The number of thioether (sulfide) groups is 1. The lowest BCUT2D eigenvalue weighted by Crippen LogP contribution is -2.45. The molecule has 0 atom stereocenters. The highest BCUT2D eigenvalue weighted by Crippen LogP contribution is 2.23. The first-order valence-corrected chi connectivity index (χ1v) is 8.98. The minimum atomic E-state index is -0.119. The van der Waals surface area contributed by atoms with E-state index in [0.717, 1.165) is 56.2 Å². The number of hydrogen-bond acceptors (Lipinski definition) is 5. The van der Waals surface area contributed by atoms with E-state index in [0.29, 0.717) is 11.9 Å². The molecule has 0 aliphatic carbocycles. The Morgan fingerprint density at radius 2 is 1.95 bits per heavy atom. The third-order valence-electron chi connectivity index (χ3n) is 4.32. The number of amides is 1. The monoisotopic (exact) mass is 322 g/mol. The average molecular weight is 322 g/mol. The number of H-pyrrole nitrogens is 1. The SMILES string of the molecule is Cc1cc(=O)[nH]c(N2CCC(C(=O)N3CCSCC3)CC2)n1. The summed E-state index contributed by atoms with van der Waals surface area (Å²) in [6, 6.07) is 1.49. The van der Waals surface area contributed by atoms with Crippen LogP contribution in [0.1, 0.15) is 18.5 Å². The predicted octanol–water partition coefficient (Wildman–Crippen LogP) is 0.870. The summed E-state index contributed by atoms with van der Waals surface area (Å²) < 4.78 is 0. The van der Waals surface area contributed by atoms with Crippen LogP contribution in [0.3, 0.4) is 0 Å². The van der Waals surface area contributed by atoms with Crippen molar-refractivity contribution in [3.63, 3.8) is 0 Å². The minimum absolute atomic E-state index is 0.119. The molecule has 2 aliphatic rings. The van der Waals surface area contributed by atoms with E-state index in [2.05, 4.69) is 14.9 Å². The molecule has 0 saturated carbocycles. The van der Waals surface area contributed by atoms with Crippen LogP contribution in [-0.4, -0.2) is 58.5 Å². The second kappa shape index (κ2) is 6.73. The van der Waals surface area contributed by atoms with Gasteiger partial charge in [-0.15, -0.1) is 0 Å². The van der Waals surface area contributed by atoms with Crippen molar-refractivity contribution in [3.05, 3.63) is 22.1 Å². The summed E-state index contributed by atoms with van der Waals surface area (Å²) in [7, 11) is 0. The number of nitrogens with one attached hydrogen (secondary N) is 1. The Bertz CT molecular complexity index is 589. The molecule has 0 unspecified atom stereocenters. The van der Waals surface area contributed by atoms with E-state index in [1.165, 1.54) is 6.07 Å². The summed E-state index contributed by atoms with van der Waals surface area (Å²) in [5.74, 6) is 3.17. The third-order valence-corrected chi connectivity index (χ3v) is 5.27. The number of anilines is 1. The number of rotatable bonds is 2. The van der Waals surface area contributed by atoms with Crippen LogP contribution in [0.2, 0.25) is 0 Å². The highest BCUT2D eigenvalue weighted by molar-refractivity contribution is 7.99. The number of aromatic nitrogens is 2. The van der Waals surface area contributed by atoms with Crippen molar-refractivity contribution in [2.75, 3.05) is 42.6 Å². The molecule has 7 heteroatoms. The molecule has 2 aliphatic heterocycles. The lowest BCUT2D eigenvalue weighted by molar-refractivity contribution is -0.135. The van der Waals surface area contributed by atoms with E-state index >= 15 is 0 Å². The maximum Gasteiger partial charge on any atom is 0.252 e. The van der Waals surface area contributed by atoms with Crippen molar-refractivity contribution < 1.29 is 4.79 Å². The summed E-state index contributed by atoms with van der Waals surface area (Å²) in [5, 5.41) is 0. The maximum atomic E-state index is 12.5. The van der Waals surface area contributed by atoms with Crippen molar-refractivity contribution in [2.24, 2.45) is 5.92 Å². The molecule has 0 bridgehead atoms.